The average Bonchev–Trinajstić information content (AvgIpc) is 3.20. The molecule has 8 nitrogen and oxygen atoms in total. The van der Waals surface area contributed by atoms with Crippen LogP contribution in [0.25, 0.3) is 0 Å². The number of hydrogen-bond acceptors (Lipinski definition) is 8. The fourth-order valence-electron chi connectivity index (χ4n) is 3.69. The maximum atomic E-state index is 13.0. The van der Waals surface area contributed by atoms with Gasteiger partial charge in [0.15, 0.2) is 16.9 Å². The SMILES string of the molecule is CCc1ccc(C(=O)COc2ccc(CC3(C(=O)OCc4ccccc4)SC(O)NC3=O)cc2)nc1. The van der Waals surface area contributed by atoms with Crippen molar-refractivity contribution in [1.82, 2.24) is 10.3 Å². The smallest absolute Gasteiger partial charge is 0.332 e. The monoisotopic (exact) mass is 506 g/mol. The van der Waals surface area contributed by atoms with E-state index in [0.717, 1.165) is 29.3 Å². The number of hydrogen-bond donors (Lipinski definition) is 2. The predicted molar refractivity (Wildman–Crippen MR) is 134 cm³/mol. The van der Waals surface area contributed by atoms with E-state index in [2.05, 4.69) is 10.3 Å². The van der Waals surface area contributed by atoms with Gasteiger partial charge in [-0.3, -0.25) is 14.6 Å². The number of esters is 1. The molecule has 2 unspecified atom stereocenters. The molecule has 2 atom stereocenters. The number of Topliss-reactive ketones (excluding diaryl/α,β-unsaturated/α-hetero) is 1. The molecule has 1 saturated heterocycles. The van der Waals surface area contributed by atoms with Gasteiger partial charge < -0.3 is 19.9 Å². The summed E-state index contributed by atoms with van der Waals surface area (Å²) in [7, 11) is 0. The zero-order chi connectivity index (χ0) is 25.5. The molecule has 186 valence electrons. The maximum Gasteiger partial charge on any atom is 0.332 e. The molecule has 0 radical (unpaired) electrons. The van der Waals surface area contributed by atoms with Gasteiger partial charge in [-0.1, -0.05) is 67.2 Å². The lowest BCUT2D eigenvalue weighted by Gasteiger charge is -2.23. The summed E-state index contributed by atoms with van der Waals surface area (Å²) in [5, 5.41) is 12.4. The van der Waals surface area contributed by atoms with Crippen molar-refractivity contribution in [3.8, 4) is 5.75 Å². The van der Waals surface area contributed by atoms with E-state index in [0.29, 0.717) is 17.0 Å². The Morgan fingerprint density at radius 3 is 2.36 bits per heavy atom. The molecule has 1 aliphatic heterocycles. The number of pyridine rings is 1. The summed E-state index contributed by atoms with van der Waals surface area (Å²) in [6.07, 6.45) is 2.54. The molecule has 2 heterocycles. The van der Waals surface area contributed by atoms with Gasteiger partial charge in [0.25, 0.3) is 5.91 Å². The van der Waals surface area contributed by atoms with Crippen LogP contribution in [-0.4, -0.2) is 44.7 Å². The molecule has 1 amide bonds. The third-order valence-electron chi connectivity index (χ3n) is 5.74. The van der Waals surface area contributed by atoms with Crippen LogP contribution in [0, 0.1) is 0 Å². The average molecular weight is 507 g/mol. The van der Waals surface area contributed by atoms with Crippen molar-refractivity contribution in [3.05, 3.63) is 95.3 Å². The largest absolute Gasteiger partial charge is 0.485 e. The van der Waals surface area contributed by atoms with Gasteiger partial charge in [0, 0.05) is 12.6 Å². The second kappa shape index (κ2) is 11.4. The minimum absolute atomic E-state index is 0.0150. The molecule has 0 bridgehead atoms. The number of aliphatic hydroxyl groups is 1. The summed E-state index contributed by atoms with van der Waals surface area (Å²) in [4.78, 5) is 42.3. The van der Waals surface area contributed by atoms with Crippen LogP contribution >= 0.6 is 11.8 Å². The van der Waals surface area contributed by atoms with Gasteiger partial charge in [-0.15, -0.1) is 0 Å². The quantitative estimate of drug-likeness (QED) is 0.245. The second-order valence-corrected chi connectivity index (χ2v) is 9.65. The molecule has 4 rings (SSSR count). The fraction of sp³-hybridized carbons (Fsp3) is 0.259. The summed E-state index contributed by atoms with van der Waals surface area (Å²) in [6.45, 7) is 1.86. The highest BCUT2D eigenvalue weighted by Gasteiger charge is 2.55. The highest BCUT2D eigenvalue weighted by atomic mass is 32.2. The summed E-state index contributed by atoms with van der Waals surface area (Å²) in [5.74, 6) is -1.11. The van der Waals surface area contributed by atoms with E-state index in [-0.39, 0.29) is 25.4 Å². The Labute approximate surface area is 213 Å². The molecular formula is C27H26N2O6S. The lowest BCUT2D eigenvalue weighted by Crippen LogP contribution is -2.46. The van der Waals surface area contributed by atoms with E-state index in [9.17, 15) is 19.5 Å². The van der Waals surface area contributed by atoms with Crippen molar-refractivity contribution in [1.29, 1.82) is 0 Å². The summed E-state index contributed by atoms with van der Waals surface area (Å²) >= 11 is 0.815. The molecule has 1 aromatic heterocycles. The predicted octanol–water partition coefficient (Wildman–Crippen LogP) is 3.07. The Bertz CT molecular complexity index is 1220. The van der Waals surface area contributed by atoms with Gasteiger partial charge in [0.1, 0.15) is 18.1 Å². The molecule has 1 aliphatic rings. The van der Waals surface area contributed by atoms with Gasteiger partial charge in [-0.25, -0.2) is 4.79 Å². The molecule has 3 aromatic rings. The number of rotatable bonds is 10. The summed E-state index contributed by atoms with van der Waals surface area (Å²) in [5.41, 5.74) is 1.63. The van der Waals surface area contributed by atoms with Gasteiger partial charge in [0.2, 0.25) is 5.78 Å². The Hall–Kier alpha value is -3.69. The van der Waals surface area contributed by atoms with E-state index < -0.39 is 22.2 Å². The van der Waals surface area contributed by atoms with Crippen LogP contribution in [0.1, 0.15) is 34.1 Å². The first-order valence-electron chi connectivity index (χ1n) is 11.5. The van der Waals surface area contributed by atoms with Crippen LogP contribution in [0.5, 0.6) is 5.75 Å². The molecule has 1 fully saturated rings. The molecular weight excluding hydrogens is 480 g/mol. The van der Waals surface area contributed by atoms with Crippen LogP contribution in [0.3, 0.4) is 0 Å². The minimum atomic E-state index is -1.62. The number of aliphatic hydroxyl groups excluding tert-OH is 1. The van der Waals surface area contributed by atoms with E-state index in [1.807, 2.05) is 43.3 Å². The van der Waals surface area contributed by atoms with Crippen molar-refractivity contribution < 1.29 is 29.0 Å². The van der Waals surface area contributed by atoms with Gasteiger partial charge in [0.05, 0.1) is 0 Å². The number of aromatic nitrogens is 1. The normalized spacial score (nSPS) is 18.9. The number of thioether (sulfide) groups is 1. The summed E-state index contributed by atoms with van der Waals surface area (Å²) < 4.78 is 9.43. The van der Waals surface area contributed by atoms with Crippen molar-refractivity contribution in [2.24, 2.45) is 0 Å². The molecule has 36 heavy (non-hydrogen) atoms. The Balaban J connectivity index is 1.39. The van der Waals surface area contributed by atoms with E-state index in [1.54, 1.807) is 36.5 Å². The molecule has 2 aromatic carbocycles. The van der Waals surface area contributed by atoms with Crippen molar-refractivity contribution in [3.63, 3.8) is 0 Å². The first-order chi connectivity index (χ1) is 17.4. The zero-order valence-corrected chi connectivity index (χ0v) is 20.5. The number of nitrogens with zero attached hydrogens (tertiary/aromatic N) is 1. The summed E-state index contributed by atoms with van der Waals surface area (Å²) in [6, 6.07) is 19.4. The fourth-order valence-corrected chi connectivity index (χ4v) is 4.81. The Kier molecular flexibility index (Phi) is 8.02. The van der Waals surface area contributed by atoms with E-state index in [1.165, 1.54) is 0 Å². The number of ether oxygens (including phenoxy) is 2. The van der Waals surface area contributed by atoms with Crippen LogP contribution in [0.4, 0.5) is 0 Å². The number of amides is 1. The first kappa shape index (κ1) is 25.4. The number of benzene rings is 2. The molecule has 9 heteroatoms. The third-order valence-corrected chi connectivity index (χ3v) is 6.98. The topological polar surface area (TPSA) is 115 Å². The van der Waals surface area contributed by atoms with Crippen molar-refractivity contribution in [2.75, 3.05) is 6.61 Å². The first-order valence-corrected chi connectivity index (χ1v) is 12.4. The standard InChI is InChI=1S/C27H26N2O6S/c1-2-18-10-13-22(28-15-18)23(30)17-34-21-11-8-19(9-12-21)14-27(24(31)29-26(33)36-27)25(32)35-16-20-6-4-3-5-7-20/h3-13,15,26,33H,2,14,16-17H2,1H3,(H,29,31). The number of nitrogens with one attached hydrogen (secondary N) is 1. The van der Waals surface area contributed by atoms with E-state index >= 15 is 0 Å². The molecule has 0 aliphatic carbocycles. The zero-order valence-electron chi connectivity index (χ0n) is 19.7. The Morgan fingerprint density at radius 1 is 1.03 bits per heavy atom. The number of aryl methyl sites for hydroxylation is 1. The highest BCUT2D eigenvalue weighted by Crippen LogP contribution is 2.38. The number of carbonyl (C=O) groups excluding carboxylic acids is 3. The molecule has 2 N–H and O–H groups in total. The Morgan fingerprint density at radius 2 is 1.75 bits per heavy atom. The second-order valence-electron chi connectivity index (χ2n) is 8.27. The third kappa shape index (κ3) is 5.92. The van der Waals surface area contributed by atoms with Gasteiger partial charge >= 0.3 is 5.97 Å². The lowest BCUT2D eigenvalue weighted by atomic mass is 9.97. The minimum Gasteiger partial charge on any atom is -0.485 e. The highest BCUT2D eigenvalue weighted by molar-refractivity contribution is 8.03. The molecule has 0 spiro atoms. The van der Waals surface area contributed by atoms with Crippen LogP contribution in [0.2, 0.25) is 0 Å². The maximum absolute atomic E-state index is 13.0. The number of ketones is 1. The van der Waals surface area contributed by atoms with Crippen LogP contribution in [0.15, 0.2) is 72.9 Å². The van der Waals surface area contributed by atoms with Crippen molar-refractivity contribution >= 4 is 29.4 Å². The van der Waals surface area contributed by atoms with Crippen molar-refractivity contribution in [2.45, 2.75) is 36.7 Å². The van der Waals surface area contributed by atoms with Crippen LogP contribution < -0.4 is 10.1 Å². The van der Waals surface area contributed by atoms with Crippen LogP contribution in [-0.2, 0) is 33.8 Å². The lowest BCUT2D eigenvalue weighted by molar-refractivity contribution is -0.151. The van der Waals surface area contributed by atoms with Gasteiger partial charge in [-0.05, 0) is 41.3 Å². The number of carbonyl (C=O) groups is 3. The van der Waals surface area contributed by atoms with E-state index in [4.69, 9.17) is 9.47 Å². The molecule has 0 saturated carbocycles. The van der Waals surface area contributed by atoms with Gasteiger partial charge in [-0.2, -0.15) is 0 Å².